The monoisotopic (exact) mass is 193 g/mol. The third-order valence-electron chi connectivity index (χ3n) is 2.24. The number of hydrogen-bond donors (Lipinski definition) is 2. The number of aliphatic carboxylic acids is 1. The van der Waals surface area contributed by atoms with Crippen LogP contribution in [0.1, 0.15) is 30.5 Å². The molecule has 0 fully saturated rings. The van der Waals surface area contributed by atoms with Gasteiger partial charge in [-0.05, 0) is 17.5 Å². The molecule has 1 unspecified atom stereocenters. The summed E-state index contributed by atoms with van der Waals surface area (Å²) in [6.45, 7) is 1.99. The van der Waals surface area contributed by atoms with E-state index in [0.29, 0.717) is 0 Å². The van der Waals surface area contributed by atoms with Crippen molar-refractivity contribution in [2.45, 2.75) is 25.8 Å². The largest absolute Gasteiger partial charge is 0.481 e. The Morgan fingerprint density at radius 3 is 2.71 bits per heavy atom. The number of hydrogen-bond acceptors (Lipinski definition) is 2. The smallest absolute Gasteiger partial charge is 0.307 e. The molecule has 0 aliphatic heterocycles. The SMILES string of the molecule is CCC(N)c1ccccc1CC(=O)O. The van der Waals surface area contributed by atoms with E-state index in [0.717, 1.165) is 17.5 Å². The highest BCUT2D eigenvalue weighted by molar-refractivity contribution is 5.70. The quantitative estimate of drug-likeness (QED) is 0.765. The van der Waals surface area contributed by atoms with E-state index in [4.69, 9.17) is 10.8 Å². The second-order valence-electron chi connectivity index (χ2n) is 3.28. The van der Waals surface area contributed by atoms with Crippen molar-refractivity contribution in [3.8, 4) is 0 Å². The molecule has 76 valence electrons. The highest BCUT2D eigenvalue weighted by Gasteiger charge is 2.10. The topological polar surface area (TPSA) is 63.3 Å². The summed E-state index contributed by atoms with van der Waals surface area (Å²) in [7, 11) is 0. The summed E-state index contributed by atoms with van der Waals surface area (Å²) in [5.74, 6) is -0.819. The molecule has 0 aliphatic rings. The molecule has 3 heteroatoms. The standard InChI is InChI=1S/C11H15NO2/c1-2-10(12)9-6-4-3-5-8(9)7-11(13)14/h3-6,10H,2,7,12H2,1H3,(H,13,14). The maximum atomic E-state index is 10.6. The second-order valence-corrected chi connectivity index (χ2v) is 3.28. The summed E-state index contributed by atoms with van der Waals surface area (Å²) in [6.07, 6.45) is 0.862. The minimum absolute atomic E-state index is 0.0455. The van der Waals surface area contributed by atoms with Crippen molar-refractivity contribution in [3.05, 3.63) is 35.4 Å². The Morgan fingerprint density at radius 2 is 2.14 bits per heavy atom. The van der Waals surface area contributed by atoms with Crippen LogP contribution in [0.25, 0.3) is 0 Å². The van der Waals surface area contributed by atoms with Crippen LogP contribution in [-0.4, -0.2) is 11.1 Å². The maximum absolute atomic E-state index is 10.6. The third kappa shape index (κ3) is 2.57. The molecule has 0 bridgehead atoms. The van der Waals surface area contributed by atoms with E-state index in [1.165, 1.54) is 0 Å². The van der Waals surface area contributed by atoms with E-state index in [1.807, 2.05) is 31.2 Å². The van der Waals surface area contributed by atoms with Crippen molar-refractivity contribution in [3.63, 3.8) is 0 Å². The van der Waals surface area contributed by atoms with Crippen molar-refractivity contribution >= 4 is 5.97 Å². The predicted molar refractivity (Wildman–Crippen MR) is 55.0 cm³/mol. The number of rotatable bonds is 4. The van der Waals surface area contributed by atoms with Gasteiger partial charge in [-0.3, -0.25) is 4.79 Å². The first kappa shape index (κ1) is 10.7. The molecule has 3 nitrogen and oxygen atoms in total. The summed E-state index contributed by atoms with van der Waals surface area (Å²) in [4.78, 5) is 10.6. The van der Waals surface area contributed by atoms with Crippen molar-refractivity contribution in [1.82, 2.24) is 0 Å². The van der Waals surface area contributed by atoms with Crippen LogP contribution in [0.4, 0.5) is 0 Å². The average Bonchev–Trinajstić information content (AvgIpc) is 2.16. The minimum atomic E-state index is -0.819. The van der Waals surface area contributed by atoms with E-state index < -0.39 is 5.97 Å². The lowest BCUT2D eigenvalue weighted by Crippen LogP contribution is -2.13. The van der Waals surface area contributed by atoms with Crippen molar-refractivity contribution < 1.29 is 9.90 Å². The van der Waals surface area contributed by atoms with Gasteiger partial charge in [-0.25, -0.2) is 0 Å². The van der Waals surface area contributed by atoms with Crippen molar-refractivity contribution in [2.75, 3.05) is 0 Å². The highest BCUT2D eigenvalue weighted by Crippen LogP contribution is 2.18. The number of carboxylic acid groups (broad SMARTS) is 1. The van der Waals surface area contributed by atoms with Gasteiger partial charge in [0.15, 0.2) is 0 Å². The second kappa shape index (κ2) is 4.77. The van der Waals surface area contributed by atoms with Crippen LogP contribution in [0.3, 0.4) is 0 Å². The first-order chi connectivity index (χ1) is 6.65. The number of nitrogens with two attached hydrogens (primary N) is 1. The molecule has 1 aromatic rings. The lowest BCUT2D eigenvalue weighted by atomic mass is 9.97. The normalized spacial score (nSPS) is 12.4. The zero-order valence-corrected chi connectivity index (χ0v) is 8.23. The number of carbonyl (C=O) groups is 1. The maximum Gasteiger partial charge on any atom is 0.307 e. The summed E-state index contributed by atoms with van der Waals surface area (Å²) < 4.78 is 0. The minimum Gasteiger partial charge on any atom is -0.481 e. The van der Waals surface area contributed by atoms with Gasteiger partial charge < -0.3 is 10.8 Å². The summed E-state index contributed by atoms with van der Waals surface area (Å²) in [5.41, 5.74) is 7.63. The van der Waals surface area contributed by atoms with Gasteiger partial charge >= 0.3 is 5.97 Å². The zero-order valence-electron chi connectivity index (χ0n) is 8.23. The van der Waals surface area contributed by atoms with Gasteiger partial charge in [-0.15, -0.1) is 0 Å². The third-order valence-corrected chi connectivity index (χ3v) is 2.24. The number of benzene rings is 1. The van der Waals surface area contributed by atoms with Crippen LogP contribution in [0.15, 0.2) is 24.3 Å². The molecule has 0 aromatic heterocycles. The fourth-order valence-corrected chi connectivity index (χ4v) is 1.44. The molecule has 1 atom stereocenters. The summed E-state index contributed by atoms with van der Waals surface area (Å²) in [6, 6.07) is 7.37. The first-order valence-electron chi connectivity index (χ1n) is 4.70. The van der Waals surface area contributed by atoms with Crippen LogP contribution in [0.2, 0.25) is 0 Å². The Balaban J connectivity index is 2.96. The Kier molecular flexibility index (Phi) is 3.65. The molecule has 0 spiro atoms. The molecular weight excluding hydrogens is 178 g/mol. The van der Waals surface area contributed by atoms with Crippen molar-refractivity contribution in [1.29, 1.82) is 0 Å². The molecule has 0 heterocycles. The molecule has 0 radical (unpaired) electrons. The van der Waals surface area contributed by atoms with Crippen LogP contribution in [0.5, 0.6) is 0 Å². The summed E-state index contributed by atoms with van der Waals surface area (Å²) in [5, 5.41) is 8.71. The molecule has 1 aromatic carbocycles. The van der Waals surface area contributed by atoms with Crippen LogP contribution in [0, 0.1) is 0 Å². The van der Waals surface area contributed by atoms with Gasteiger partial charge in [0.25, 0.3) is 0 Å². The van der Waals surface area contributed by atoms with Crippen LogP contribution in [-0.2, 0) is 11.2 Å². The van der Waals surface area contributed by atoms with Crippen LogP contribution < -0.4 is 5.73 Å². The lowest BCUT2D eigenvalue weighted by molar-refractivity contribution is -0.136. The molecule has 0 aliphatic carbocycles. The molecule has 1 rings (SSSR count). The fourth-order valence-electron chi connectivity index (χ4n) is 1.44. The van der Waals surface area contributed by atoms with Gasteiger partial charge in [0.1, 0.15) is 0 Å². The Morgan fingerprint density at radius 1 is 1.50 bits per heavy atom. The Labute approximate surface area is 83.6 Å². The van der Waals surface area contributed by atoms with E-state index in [1.54, 1.807) is 0 Å². The number of carboxylic acids is 1. The van der Waals surface area contributed by atoms with E-state index in [2.05, 4.69) is 0 Å². The summed E-state index contributed by atoms with van der Waals surface area (Å²) >= 11 is 0. The fraction of sp³-hybridized carbons (Fsp3) is 0.364. The highest BCUT2D eigenvalue weighted by atomic mass is 16.4. The Hall–Kier alpha value is -1.35. The van der Waals surface area contributed by atoms with Gasteiger partial charge in [0.05, 0.1) is 6.42 Å². The van der Waals surface area contributed by atoms with Gasteiger partial charge in [-0.2, -0.15) is 0 Å². The van der Waals surface area contributed by atoms with Crippen LogP contribution >= 0.6 is 0 Å². The Bertz CT molecular complexity index is 323. The van der Waals surface area contributed by atoms with Gasteiger partial charge in [-0.1, -0.05) is 31.2 Å². The molecule has 0 saturated carbocycles. The molecule has 0 saturated heterocycles. The van der Waals surface area contributed by atoms with Crippen molar-refractivity contribution in [2.24, 2.45) is 5.73 Å². The zero-order chi connectivity index (χ0) is 10.6. The predicted octanol–water partition coefficient (Wildman–Crippen LogP) is 1.72. The van der Waals surface area contributed by atoms with E-state index >= 15 is 0 Å². The van der Waals surface area contributed by atoms with Gasteiger partial charge in [0.2, 0.25) is 0 Å². The molecular formula is C11H15NO2. The average molecular weight is 193 g/mol. The van der Waals surface area contributed by atoms with Gasteiger partial charge in [0, 0.05) is 6.04 Å². The van der Waals surface area contributed by atoms with E-state index in [-0.39, 0.29) is 12.5 Å². The molecule has 3 N–H and O–H groups in total. The lowest BCUT2D eigenvalue weighted by Gasteiger charge is -2.13. The molecule has 0 amide bonds. The molecule has 14 heavy (non-hydrogen) atoms. The first-order valence-corrected chi connectivity index (χ1v) is 4.70. The van der Waals surface area contributed by atoms with E-state index in [9.17, 15) is 4.79 Å².